The second-order valence-electron chi connectivity index (χ2n) is 3.99. The minimum absolute atomic E-state index is 0.244. The van der Waals surface area contributed by atoms with Gasteiger partial charge in [-0.15, -0.1) is 5.10 Å². The summed E-state index contributed by atoms with van der Waals surface area (Å²) in [6.07, 6.45) is 1.44. The lowest BCUT2D eigenvalue weighted by molar-refractivity contribution is 0.102. The molecular weight excluding hydrogens is 216 g/mol. The maximum absolute atomic E-state index is 11.9. The molecule has 1 aromatic heterocycles. The molecule has 0 unspecified atom stereocenters. The number of anilines is 1. The first kappa shape index (κ1) is 11.3. The number of nitrogens with one attached hydrogen (secondary N) is 1. The molecule has 1 heterocycles. The zero-order valence-corrected chi connectivity index (χ0v) is 10.1. The highest BCUT2D eigenvalue weighted by Gasteiger charge is 2.11. The molecule has 0 aliphatic heterocycles. The average molecular weight is 230 g/mol. The van der Waals surface area contributed by atoms with Crippen molar-refractivity contribution >= 4 is 11.6 Å². The number of hydrogen-bond acceptors (Lipinski definition) is 3. The summed E-state index contributed by atoms with van der Waals surface area (Å²) in [5, 5.41) is 10.6. The lowest BCUT2D eigenvalue weighted by Crippen LogP contribution is -2.14. The monoisotopic (exact) mass is 230 g/mol. The van der Waals surface area contributed by atoms with Gasteiger partial charge in [-0.2, -0.15) is 9.90 Å². The predicted octanol–water partition coefficient (Wildman–Crippen LogP) is 1.68. The summed E-state index contributed by atoms with van der Waals surface area (Å²) in [7, 11) is 1.68. The van der Waals surface area contributed by atoms with Crippen LogP contribution in [0.1, 0.15) is 21.6 Å². The lowest BCUT2D eigenvalue weighted by atomic mass is 10.1. The molecule has 88 valence electrons. The third-order valence-corrected chi connectivity index (χ3v) is 2.47. The molecule has 1 aromatic carbocycles. The maximum Gasteiger partial charge on any atom is 0.277 e. The minimum atomic E-state index is -0.244. The van der Waals surface area contributed by atoms with Crippen molar-refractivity contribution in [1.82, 2.24) is 15.0 Å². The van der Waals surface area contributed by atoms with E-state index < -0.39 is 0 Å². The smallest absolute Gasteiger partial charge is 0.277 e. The van der Waals surface area contributed by atoms with Gasteiger partial charge in [0, 0.05) is 12.7 Å². The van der Waals surface area contributed by atoms with Crippen molar-refractivity contribution in [2.24, 2.45) is 7.05 Å². The highest BCUT2D eigenvalue weighted by Crippen LogP contribution is 2.16. The van der Waals surface area contributed by atoms with Gasteiger partial charge in [0.1, 0.15) is 0 Å². The summed E-state index contributed by atoms with van der Waals surface area (Å²) in [6, 6.07) is 5.92. The molecule has 1 amide bonds. The normalized spacial score (nSPS) is 10.3. The molecule has 5 nitrogen and oxygen atoms in total. The highest BCUT2D eigenvalue weighted by atomic mass is 16.2. The van der Waals surface area contributed by atoms with Crippen molar-refractivity contribution < 1.29 is 4.79 Å². The molecule has 0 saturated carbocycles. The van der Waals surface area contributed by atoms with Crippen molar-refractivity contribution in [3.8, 4) is 0 Å². The number of carbonyl (C=O) groups is 1. The van der Waals surface area contributed by atoms with Crippen LogP contribution in [0.4, 0.5) is 5.69 Å². The molecule has 1 N–H and O–H groups in total. The molecule has 0 radical (unpaired) electrons. The first-order chi connectivity index (χ1) is 8.06. The average Bonchev–Trinajstić information content (AvgIpc) is 2.70. The third-order valence-electron chi connectivity index (χ3n) is 2.47. The molecular formula is C12H14N4O. The Bertz CT molecular complexity index is 559. The number of amides is 1. The summed E-state index contributed by atoms with van der Waals surface area (Å²) >= 11 is 0. The van der Waals surface area contributed by atoms with Gasteiger partial charge in [0.15, 0.2) is 5.69 Å². The molecule has 5 heteroatoms. The summed E-state index contributed by atoms with van der Waals surface area (Å²) in [5.41, 5.74) is 3.24. The Morgan fingerprint density at radius 3 is 2.76 bits per heavy atom. The van der Waals surface area contributed by atoms with Gasteiger partial charge in [-0.05, 0) is 31.0 Å². The van der Waals surface area contributed by atoms with Gasteiger partial charge in [-0.3, -0.25) is 4.79 Å². The number of benzene rings is 1. The zero-order valence-electron chi connectivity index (χ0n) is 10.1. The van der Waals surface area contributed by atoms with E-state index in [2.05, 4.69) is 15.5 Å². The quantitative estimate of drug-likeness (QED) is 0.854. The number of hydrogen-bond donors (Lipinski definition) is 1. The number of rotatable bonds is 2. The van der Waals surface area contributed by atoms with Gasteiger partial charge in [0.05, 0.1) is 6.20 Å². The van der Waals surface area contributed by atoms with Crippen molar-refractivity contribution in [3.63, 3.8) is 0 Å². The fourth-order valence-corrected chi connectivity index (χ4v) is 1.51. The molecule has 0 fully saturated rings. The Balaban J connectivity index is 2.21. The van der Waals surface area contributed by atoms with Crippen LogP contribution >= 0.6 is 0 Å². The molecule has 17 heavy (non-hydrogen) atoms. The van der Waals surface area contributed by atoms with E-state index in [4.69, 9.17) is 0 Å². The van der Waals surface area contributed by atoms with Gasteiger partial charge in [0.25, 0.3) is 5.91 Å². The van der Waals surface area contributed by atoms with Crippen molar-refractivity contribution in [1.29, 1.82) is 0 Å². The highest BCUT2D eigenvalue weighted by molar-refractivity contribution is 6.03. The van der Waals surface area contributed by atoms with Crippen LogP contribution in [0.15, 0.2) is 24.4 Å². The largest absolute Gasteiger partial charge is 0.320 e. The van der Waals surface area contributed by atoms with Crippen molar-refractivity contribution in [3.05, 3.63) is 41.2 Å². The van der Waals surface area contributed by atoms with Crippen LogP contribution in [0.2, 0.25) is 0 Å². The Morgan fingerprint density at radius 1 is 1.35 bits per heavy atom. The van der Waals surface area contributed by atoms with E-state index in [0.29, 0.717) is 5.69 Å². The van der Waals surface area contributed by atoms with E-state index in [0.717, 1.165) is 16.8 Å². The van der Waals surface area contributed by atoms with Crippen LogP contribution in [0.5, 0.6) is 0 Å². The fraction of sp³-hybridized carbons (Fsp3) is 0.250. The van der Waals surface area contributed by atoms with Gasteiger partial charge < -0.3 is 5.32 Å². The molecule has 0 saturated heterocycles. The molecule has 0 bridgehead atoms. The van der Waals surface area contributed by atoms with Crippen LogP contribution in [0, 0.1) is 13.8 Å². The van der Waals surface area contributed by atoms with E-state index >= 15 is 0 Å². The molecule has 0 atom stereocenters. The lowest BCUT2D eigenvalue weighted by Gasteiger charge is -2.07. The van der Waals surface area contributed by atoms with E-state index in [1.807, 2.05) is 32.0 Å². The topological polar surface area (TPSA) is 59.8 Å². The second kappa shape index (κ2) is 4.37. The van der Waals surface area contributed by atoms with Crippen LogP contribution in [0.25, 0.3) is 0 Å². The standard InChI is InChI=1S/C12H14N4O/c1-8-4-5-9(2)10(6-8)14-12(17)11-7-13-16(3)15-11/h4-7H,1-3H3,(H,14,17). The Hall–Kier alpha value is -2.17. The zero-order chi connectivity index (χ0) is 12.4. The minimum Gasteiger partial charge on any atom is -0.320 e. The van der Waals surface area contributed by atoms with Gasteiger partial charge in [-0.1, -0.05) is 12.1 Å². The van der Waals surface area contributed by atoms with E-state index in [9.17, 15) is 4.79 Å². The Kier molecular flexibility index (Phi) is 2.91. The predicted molar refractivity (Wildman–Crippen MR) is 64.9 cm³/mol. The number of aromatic nitrogens is 3. The van der Waals surface area contributed by atoms with E-state index in [-0.39, 0.29) is 5.91 Å². The number of nitrogens with zero attached hydrogens (tertiary/aromatic N) is 3. The Labute approximate surface area is 99.5 Å². The van der Waals surface area contributed by atoms with E-state index in [1.165, 1.54) is 11.0 Å². The Morgan fingerprint density at radius 2 is 2.12 bits per heavy atom. The summed E-state index contributed by atoms with van der Waals surface area (Å²) in [5.74, 6) is -0.244. The number of carbonyl (C=O) groups excluding carboxylic acids is 1. The molecule has 0 spiro atoms. The van der Waals surface area contributed by atoms with Crippen LogP contribution < -0.4 is 5.32 Å². The third kappa shape index (κ3) is 2.50. The second-order valence-corrected chi connectivity index (χ2v) is 3.99. The van der Waals surface area contributed by atoms with Crippen LogP contribution in [0.3, 0.4) is 0 Å². The van der Waals surface area contributed by atoms with Crippen molar-refractivity contribution in [2.75, 3.05) is 5.32 Å². The molecule has 2 aromatic rings. The summed E-state index contributed by atoms with van der Waals surface area (Å²) < 4.78 is 0. The maximum atomic E-state index is 11.9. The molecule has 2 rings (SSSR count). The van der Waals surface area contributed by atoms with E-state index in [1.54, 1.807) is 7.05 Å². The van der Waals surface area contributed by atoms with Crippen LogP contribution in [-0.4, -0.2) is 20.9 Å². The first-order valence-electron chi connectivity index (χ1n) is 5.31. The number of aryl methyl sites for hydroxylation is 3. The molecule has 0 aliphatic carbocycles. The fourth-order valence-electron chi connectivity index (χ4n) is 1.51. The SMILES string of the molecule is Cc1ccc(C)c(NC(=O)c2cnn(C)n2)c1. The van der Waals surface area contributed by atoms with Gasteiger partial charge in [-0.25, -0.2) is 0 Å². The summed E-state index contributed by atoms with van der Waals surface area (Å²) in [6.45, 7) is 3.93. The summed E-state index contributed by atoms with van der Waals surface area (Å²) in [4.78, 5) is 13.2. The van der Waals surface area contributed by atoms with Gasteiger partial charge >= 0.3 is 0 Å². The first-order valence-corrected chi connectivity index (χ1v) is 5.31. The van der Waals surface area contributed by atoms with Crippen LogP contribution in [-0.2, 0) is 7.05 Å². The van der Waals surface area contributed by atoms with Gasteiger partial charge in [0.2, 0.25) is 0 Å². The molecule has 0 aliphatic rings. The van der Waals surface area contributed by atoms with Crippen molar-refractivity contribution in [2.45, 2.75) is 13.8 Å².